The highest BCUT2D eigenvalue weighted by atomic mass is 35.5. The Morgan fingerprint density at radius 2 is 1.51 bits per heavy atom. The lowest BCUT2D eigenvalue weighted by atomic mass is 10.1. The number of piperazine rings is 1. The summed E-state index contributed by atoms with van der Waals surface area (Å²) in [6, 6.07) is 26.1. The van der Waals surface area contributed by atoms with E-state index in [1.165, 1.54) is 7.11 Å². The van der Waals surface area contributed by atoms with Gasteiger partial charge < -0.3 is 19.9 Å². The zero-order chi connectivity index (χ0) is 27.4. The first kappa shape index (κ1) is 26.5. The van der Waals surface area contributed by atoms with Crippen LogP contribution in [0.3, 0.4) is 0 Å². The Morgan fingerprint density at radius 1 is 0.872 bits per heavy atom. The van der Waals surface area contributed by atoms with Crippen molar-refractivity contribution in [3.8, 4) is 5.75 Å². The standard InChI is InChI=1S/C30H27ClN4O3S/c1-38-27-19-22-7-3-2-6-21(22)18-24(27)28(36)33-30(39)32-25-8-4-5-9-26(25)34-14-16-35(17-15-34)29(37)20-10-12-23(31)13-11-20/h2-13,18-19H,14-17H2,1H3,(H2,32,33,36,39). The van der Waals surface area contributed by atoms with Gasteiger partial charge in [0.05, 0.1) is 24.0 Å². The fraction of sp³-hybridized carbons (Fsp3) is 0.167. The molecule has 1 saturated heterocycles. The van der Waals surface area contributed by atoms with E-state index in [4.69, 9.17) is 28.6 Å². The normalized spacial score (nSPS) is 13.2. The van der Waals surface area contributed by atoms with Crippen molar-refractivity contribution in [1.29, 1.82) is 0 Å². The van der Waals surface area contributed by atoms with Gasteiger partial charge in [0.15, 0.2) is 5.11 Å². The second kappa shape index (κ2) is 11.7. The maximum absolute atomic E-state index is 13.1. The van der Waals surface area contributed by atoms with Crippen LogP contribution in [0.1, 0.15) is 20.7 Å². The molecule has 7 nitrogen and oxygen atoms in total. The summed E-state index contributed by atoms with van der Waals surface area (Å²) in [6.07, 6.45) is 0. The van der Waals surface area contributed by atoms with Crippen molar-refractivity contribution in [2.24, 2.45) is 0 Å². The number of nitrogens with one attached hydrogen (secondary N) is 2. The van der Waals surface area contributed by atoms with Gasteiger partial charge in [0.25, 0.3) is 11.8 Å². The first-order chi connectivity index (χ1) is 18.9. The summed E-state index contributed by atoms with van der Waals surface area (Å²) >= 11 is 11.5. The predicted octanol–water partition coefficient (Wildman–Crippen LogP) is 5.59. The topological polar surface area (TPSA) is 73.9 Å². The Hall–Kier alpha value is -4.14. The van der Waals surface area contributed by atoms with Crippen molar-refractivity contribution in [3.05, 3.63) is 101 Å². The molecular weight excluding hydrogens is 532 g/mol. The van der Waals surface area contributed by atoms with Crippen molar-refractivity contribution < 1.29 is 14.3 Å². The Balaban J connectivity index is 1.24. The second-order valence-electron chi connectivity index (χ2n) is 9.11. The number of ether oxygens (including phenoxy) is 1. The molecule has 0 saturated carbocycles. The summed E-state index contributed by atoms with van der Waals surface area (Å²) in [6.45, 7) is 2.48. The first-order valence-electron chi connectivity index (χ1n) is 12.5. The van der Waals surface area contributed by atoms with Gasteiger partial charge in [-0.15, -0.1) is 0 Å². The Labute approximate surface area is 237 Å². The number of fused-ring (bicyclic) bond motifs is 1. The molecule has 4 aromatic rings. The molecule has 0 atom stereocenters. The third kappa shape index (κ3) is 5.97. The Kier molecular flexibility index (Phi) is 7.95. The van der Waals surface area contributed by atoms with Crippen LogP contribution in [0.25, 0.3) is 10.8 Å². The molecule has 0 bridgehead atoms. The molecule has 1 aliphatic heterocycles. The van der Waals surface area contributed by atoms with Gasteiger partial charge in [-0.05, 0) is 71.5 Å². The zero-order valence-electron chi connectivity index (χ0n) is 21.3. The largest absolute Gasteiger partial charge is 0.496 e. The van der Waals surface area contributed by atoms with E-state index in [-0.39, 0.29) is 16.9 Å². The van der Waals surface area contributed by atoms with Crippen molar-refractivity contribution >= 4 is 62.9 Å². The lowest BCUT2D eigenvalue weighted by molar-refractivity contribution is 0.0746. The molecule has 9 heteroatoms. The smallest absolute Gasteiger partial charge is 0.261 e. The van der Waals surface area contributed by atoms with Crippen molar-refractivity contribution in [1.82, 2.24) is 10.2 Å². The number of carbonyl (C=O) groups excluding carboxylic acids is 2. The van der Waals surface area contributed by atoms with E-state index >= 15 is 0 Å². The average molecular weight is 559 g/mol. The van der Waals surface area contributed by atoms with Gasteiger partial charge in [-0.25, -0.2) is 0 Å². The molecule has 0 spiro atoms. The number of hydrogen-bond acceptors (Lipinski definition) is 5. The highest BCUT2D eigenvalue weighted by Crippen LogP contribution is 2.28. The van der Waals surface area contributed by atoms with Gasteiger partial charge in [0, 0.05) is 36.8 Å². The van der Waals surface area contributed by atoms with Crippen LogP contribution in [0.15, 0.2) is 84.9 Å². The van der Waals surface area contributed by atoms with Crippen LogP contribution < -0.4 is 20.3 Å². The Bertz CT molecular complexity index is 1540. The van der Waals surface area contributed by atoms with E-state index in [1.54, 1.807) is 30.3 Å². The third-order valence-corrected chi connectivity index (χ3v) is 7.15. The van der Waals surface area contributed by atoms with Crippen molar-refractivity contribution in [3.63, 3.8) is 0 Å². The molecule has 0 unspecified atom stereocenters. The number of carbonyl (C=O) groups is 2. The van der Waals surface area contributed by atoms with E-state index < -0.39 is 0 Å². The zero-order valence-corrected chi connectivity index (χ0v) is 22.9. The number of methoxy groups -OCH3 is 1. The van der Waals surface area contributed by atoms with Crippen LogP contribution in [0.4, 0.5) is 11.4 Å². The fourth-order valence-electron chi connectivity index (χ4n) is 4.67. The van der Waals surface area contributed by atoms with Gasteiger partial charge >= 0.3 is 0 Å². The summed E-state index contributed by atoms with van der Waals surface area (Å²) in [5.41, 5.74) is 2.73. The van der Waals surface area contributed by atoms with Crippen LogP contribution in [-0.4, -0.2) is 55.1 Å². The molecular formula is C30H27ClN4O3S. The van der Waals surface area contributed by atoms with Crippen LogP contribution in [0.2, 0.25) is 5.02 Å². The van der Waals surface area contributed by atoms with Crippen molar-refractivity contribution in [2.75, 3.05) is 43.5 Å². The summed E-state index contributed by atoms with van der Waals surface area (Å²) in [5.74, 6) is 0.105. The van der Waals surface area contributed by atoms with E-state index in [9.17, 15) is 9.59 Å². The molecule has 1 heterocycles. The quantitative estimate of drug-likeness (QED) is 0.311. The highest BCUT2D eigenvalue weighted by molar-refractivity contribution is 7.80. The lowest BCUT2D eigenvalue weighted by Gasteiger charge is -2.37. The molecule has 1 aliphatic rings. The molecule has 0 radical (unpaired) electrons. The number of hydrogen-bond donors (Lipinski definition) is 2. The minimum atomic E-state index is -0.359. The van der Waals surface area contributed by atoms with Crippen LogP contribution in [0, 0.1) is 0 Å². The number of rotatable bonds is 5. The van der Waals surface area contributed by atoms with Gasteiger partial charge in [0.1, 0.15) is 5.75 Å². The van der Waals surface area contributed by atoms with Gasteiger partial charge in [-0.1, -0.05) is 48.0 Å². The monoisotopic (exact) mass is 558 g/mol. The van der Waals surface area contributed by atoms with Gasteiger partial charge in [-0.3, -0.25) is 14.9 Å². The van der Waals surface area contributed by atoms with Gasteiger partial charge in [0.2, 0.25) is 0 Å². The molecule has 1 fully saturated rings. The third-order valence-electron chi connectivity index (χ3n) is 6.69. The predicted molar refractivity (Wildman–Crippen MR) is 160 cm³/mol. The number of nitrogens with zero attached hydrogens (tertiary/aromatic N) is 2. The average Bonchev–Trinajstić information content (AvgIpc) is 2.96. The highest BCUT2D eigenvalue weighted by Gasteiger charge is 2.24. The molecule has 0 aliphatic carbocycles. The van der Waals surface area contributed by atoms with Crippen LogP contribution >= 0.6 is 23.8 Å². The van der Waals surface area contributed by atoms with Crippen LogP contribution in [0.5, 0.6) is 5.75 Å². The molecule has 5 rings (SSSR count). The first-order valence-corrected chi connectivity index (χ1v) is 13.3. The Morgan fingerprint density at radius 3 is 2.21 bits per heavy atom. The summed E-state index contributed by atoms with van der Waals surface area (Å²) < 4.78 is 5.47. The van der Waals surface area contributed by atoms with Crippen molar-refractivity contribution in [2.45, 2.75) is 0 Å². The number of benzene rings is 4. The number of halogens is 1. The summed E-state index contributed by atoms with van der Waals surface area (Å²) in [4.78, 5) is 30.1. The molecule has 4 aromatic carbocycles. The van der Waals surface area contributed by atoms with E-state index in [0.29, 0.717) is 48.1 Å². The van der Waals surface area contributed by atoms with E-state index in [2.05, 4.69) is 15.5 Å². The number of anilines is 2. The maximum Gasteiger partial charge on any atom is 0.261 e. The summed E-state index contributed by atoms with van der Waals surface area (Å²) in [7, 11) is 1.54. The maximum atomic E-state index is 13.1. The van der Waals surface area contributed by atoms with E-state index in [0.717, 1.165) is 22.1 Å². The molecule has 39 heavy (non-hydrogen) atoms. The molecule has 2 amide bonds. The minimum absolute atomic E-state index is 0.00858. The summed E-state index contributed by atoms with van der Waals surface area (Å²) in [5, 5.41) is 8.65. The second-order valence-corrected chi connectivity index (χ2v) is 9.96. The fourth-order valence-corrected chi connectivity index (χ4v) is 5.00. The number of thiocarbonyl (C=S) groups is 1. The molecule has 198 valence electrons. The minimum Gasteiger partial charge on any atom is -0.496 e. The lowest BCUT2D eigenvalue weighted by Crippen LogP contribution is -2.49. The van der Waals surface area contributed by atoms with Crippen LogP contribution in [-0.2, 0) is 0 Å². The van der Waals surface area contributed by atoms with Gasteiger partial charge in [-0.2, -0.15) is 0 Å². The number of amides is 2. The van der Waals surface area contributed by atoms with E-state index in [1.807, 2.05) is 59.5 Å². The molecule has 0 aromatic heterocycles. The SMILES string of the molecule is COc1cc2ccccc2cc1C(=O)NC(=S)Nc1ccccc1N1CCN(C(=O)c2ccc(Cl)cc2)CC1. The number of para-hydroxylation sites is 2. The molecule has 2 N–H and O–H groups in total.